The van der Waals surface area contributed by atoms with E-state index in [0.717, 1.165) is 6.07 Å². The Bertz CT molecular complexity index is 534. The van der Waals surface area contributed by atoms with E-state index in [-0.39, 0.29) is 22.4 Å². The molecule has 1 amide bonds. The molecule has 0 unspecified atom stereocenters. The molecule has 1 rings (SSSR count). The van der Waals surface area contributed by atoms with E-state index in [4.69, 9.17) is 10.9 Å². The summed E-state index contributed by atoms with van der Waals surface area (Å²) in [6.07, 6.45) is -5.16. The summed E-state index contributed by atoms with van der Waals surface area (Å²) in [5.41, 5.74) is 5.36. The predicted octanol–water partition coefficient (Wildman–Crippen LogP) is 2.42. The summed E-state index contributed by atoms with van der Waals surface area (Å²) >= 11 is 2.89. The number of oxime groups is 1. The fraction of sp³-hybridized carbons (Fsp3) is 0.200. The summed E-state index contributed by atoms with van der Waals surface area (Å²) < 4.78 is 39.9. The van der Waals surface area contributed by atoms with Crippen LogP contribution in [0.3, 0.4) is 0 Å². The molecular formula is C10H9BrF3N3O3. The van der Waals surface area contributed by atoms with Gasteiger partial charge in [-0.1, -0.05) is 5.16 Å². The summed E-state index contributed by atoms with van der Waals surface area (Å²) in [7, 11) is 0. The number of nitrogens with two attached hydrogens (primary N) is 1. The zero-order chi connectivity index (χ0) is 15.3. The third kappa shape index (κ3) is 5.34. The number of anilines is 1. The maximum Gasteiger partial charge on any atom is 0.573 e. The highest BCUT2D eigenvalue weighted by molar-refractivity contribution is 9.10. The lowest BCUT2D eigenvalue weighted by molar-refractivity contribution is -0.274. The van der Waals surface area contributed by atoms with Crippen molar-refractivity contribution in [2.24, 2.45) is 10.9 Å². The van der Waals surface area contributed by atoms with Gasteiger partial charge in [0, 0.05) is 5.69 Å². The second-order valence-electron chi connectivity index (χ2n) is 3.51. The van der Waals surface area contributed by atoms with E-state index < -0.39 is 18.0 Å². The standard InChI is InChI=1S/C10H9BrF3N3O3/c11-6-3-5(16-9(18)4-8(15)17-19)1-2-7(6)20-10(12,13)14/h1-3,19H,4H2,(H2,15,17)(H,16,18). The van der Waals surface area contributed by atoms with Crippen LogP contribution in [-0.2, 0) is 4.79 Å². The molecule has 0 aliphatic carbocycles. The zero-order valence-electron chi connectivity index (χ0n) is 9.74. The first-order chi connectivity index (χ1) is 9.21. The summed E-state index contributed by atoms with van der Waals surface area (Å²) in [6.45, 7) is 0. The Labute approximate surface area is 119 Å². The number of carbonyl (C=O) groups excluding carboxylic acids is 1. The van der Waals surface area contributed by atoms with Crippen LogP contribution in [-0.4, -0.2) is 23.3 Å². The van der Waals surface area contributed by atoms with E-state index in [1.807, 2.05) is 0 Å². The van der Waals surface area contributed by atoms with Gasteiger partial charge in [-0.25, -0.2) is 0 Å². The quantitative estimate of drug-likeness (QED) is 0.334. The van der Waals surface area contributed by atoms with Crippen molar-refractivity contribution in [3.8, 4) is 5.75 Å². The summed E-state index contributed by atoms with van der Waals surface area (Å²) in [4.78, 5) is 11.4. The Hall–Kier alpha value is -1.97. The van der Waals surface area contributed by atoms with Crippen LogP contribution in [0.25, 0.3) is 0 Å². The number of ether oxygens (including phenoxy) is 1. The van der Waals surface area contributed by atoms with Gasteiger partial charge in [0.1, 0.15) is 11.6 Å². The van der Waals surface area contributed by atoms with E-state index >= 15 is 0 Å². The number of benzene rings is 1. The number of nitrogens with one attached hydrogen (secondary N) is 1. The Morgan fingerprint density at radius 2 is 2.15 bits per heavy atom. The van der Waals surface area contributed by atoms with Crippen LogP contribution < -0.4 is 15.8 Å². The van der Waals surface area contributed by atoms with Gasteiger partial charge in [0.15, 0.2) is 0 Å². The topological polar surface area (TPSA) is 96.9 Å². The molecule has 0 aromatic heterocycles. The second-order valence-corrected chi connectivity index (χ2v) is 4.36. The smallest absolute Gasteiger partial charge is 0.409 e. The van der Waals surface area contributed by atoms with Crippen molar-refractivity contribution in [1.29, 1.82) is 0 Å². The highest BCUT2D eigenvalue weighted by atomic mass is 79.9. The molecule has 0 radical (unpaired) electrons. The molecule has 0 heterocycles. The normalized spacial score (nSPS) is 12.1. The lowest BCUT2D eigenvalue weighted by Gasteiger charge is -2.12. The fourth-order valence-corrected chi connectivity index (χ4v) is 1.65. The number of hydrogen-bond donors (Lipinski definition) is 3. The third-order valence-corrected chi connectivity index (χ3v) is 2.53. The molecule has 0 aliphatic heterocycles. The third-order valence-electron chi connectivity index (χ3n) is 1.91. The molecule has 0 fully saturated rings. The number of hydrogen-bond acceptors (Lipinski definition) is 4. The molecule has 1 aromatic carbocycles. The van der Waals surface area contributed by atoms with E-state index in [0.29, 0.717) is 0 Å². The average molecular weight is 356 g/mol. The van der Waals surface area contributed by atoms with Crippen molar-refractivity contribution in [3.63, 3.8) is 0 Å². The van der Waals surface area contributed by atoms with Gasteiger partial charge in [-0.3, -0.25) is 4.79 Å². The first-order valence-electron chi connectivity index (χ1n) is 5.03. The Morgan fingerprint density at radius 1 is 1.50 bits per heavy atom. The summed E-state index contributed by atoms with van der Waals surface area (Å²) in [5, 5.41) is 13.3. The first-order valence-corrected chi connectivity index (χ1v) is 5.82. The molecule has 4 N–H and O–H groups in total. The number of halogens is 4. The molecule has 0 spiro atoms. The monoisotopic (exact) mass is 355 g/mol. The minimum atomic E-state index is -4.81. The van der Waals surface area contributed by atoms with Crippen LogP contribution in [0.5, 0.6) is 5.75 Å². The molecule has 0 aliphatic rings. The Balaban J connectivity index is 2.75. The fourth-order valence-electron chi connectivity index (χ4n) is 1.19. The highest BCUT2D eigenvalue weighted by Crippen LogP contribution is 2.32. The van der Waals surface area contributed by atoms with Gasteiger partial charge in [0.2, 0.25) is 5.91 Å². The van der Waals surface area contributed by atoms with Gasteiger partial charge in [-0.2, -0.15) is 0 Å². The number of amidine groups is 1. The highest BCUT2D eigenvalue weighted by Gasteiger charge is 2.31. The number of amides is 1. The van der Waals surface area contributed by atoms with Crippen LogP contribution in [0.1, 0.15) is 6.42 Å². The van der Waals surface area contributed by atoms with Gasteiger partial charge in [-0.15, -0.1) is 13.2 Å². The first kappa shape index (κ1) is 16.1. The van der Waals surface area contributed by atoms with Crippen molar-refractivity contribution >= 4 is 33.4 Å². The van der Waals surface area contributed by atoms with Gasteiger partial charge < -0.3 is 21.0 Å². The molecule has 0 saturated heterocycles. The minimum Gasteiger partial charge on any atom is -0.409 e. The van der Waals surface area contributed by atoms with Crippen LogP contribution in [0, 0.1) is 0 Å². The molecule has 110 valence electrons. The Kier molecular flexibility index (Phi) is 5.19. The lowest BCUT2D eigenvalue weighted by atomic mass is 10.3. The maximum absolute atomic E-state index is 12.1. The number of alkyl halides is 3. The molecule has 1 aromatic rings. The molecule has 0 atom stereocenters. The molecule has 6 nitrogen and oxygen atoms in total. The van der Waals surface area contributed by atoms with E-state index in [2.05, 4.69) is 31.1 Å². The number of rotatable bonds is 4. The summed E-state index contributed by atoms with van der Waals surface area (Å²) in [5.74, 6) is -1.32. The largest absolute Gasteiger partial charge is 0.573 e. The van der Waals surface area contributed by atoms with Crippen LogP contribution in [0.4, 0.5) is 18.9 Å². The van der Waals surface area contributed by atoms with E-state index in [1.54, 1.807) is 0 Å². The van der Waals surface area contributed by atoms with Crippen LogP contribution >= 0.6 is 15.9 Å². The van der Waals surface area contributed by atoms with E-state index in [1.165, 1.54) is 12.1 Å². The average Bonchev–Trinajstić information content (AvgIpc) is 2.31. The number of carbonyl (C=O) groups is 1. The SMILES string of the molecule is N/C(CC(=O)Nc1ccc(OC(F)(F)F)c(Br)c1)=N/O. The molecule has 0 bridgehead atoms. The second kappa shape index (κ2) is 6.46. The van der Waals surface area contributed by atoms with Crippen molar-refractivity contribution in [2.45, 2.75) is 12.8 Å². The minimum absolute atomic E-state index is 0.0106. The van der Waals surface area contributed by atoms with E-state index in [9.17, 15) is 18.0 Å². The van der Waals surface area contributed by atoms with Crippen molar-refractivity contribution in [2.75, 3.05) is 5.32 Å². The van der Waals surface area contributed by atoms with Crippen molar-refractivity contribution < 1.29 is 27.9 Å². The zero-order valence-corrected chi connectivity index (χ0v) is 11.3. The van der Waals surface area contributed by atoms with Crippen molar-refractivity contribution in [3.05, 3.63) is 22.7 Å². The van der Waals surface area contributed by atoms with Gasteiger partial charge in [0.05, 0.1) is 10.9 Å². The maximum atomic E-state index is 12.1. The molecule has 10 heteroatoms. The molecule has 20 heavy (non-hydrogen) atoms. The van der Waals surface area contributed by atoms with Gasteiger partial charge in [-0.05, 0) is 34.1 Å². The molecule has 0 saturated carbocycles. The van der Waals surface area contributed by atoms with Gasteiger partial charge >= 0.3 is 6.36 Å². The van der Waals surface area contributed by atoms with Crippen LogP contribution in [0.2, 0.25) is 0 Å². The van der Waals surface area contributed by atoms with Gasteiger partial charge in [0.25, 0.3) is 0 Å². The Morgan fingerprint density at radius 3 is 2.65 bits per heavy atom. The lowest BCUT2D eigenvalue weighted by Crippen LogP contribution is -2.22. The van der Waals surface area contributed by atoms with Crippen LogP contribution in [0.15, 0.2) is 27.8 Å². The number of nitrogens with zero attached hydrogens (tertiary/aromatic N) is 1. The van der Waals surface area contributed by atoms with Crippen molar-refractivity contribution in [1.82, 2.24) is 0 Å². The summed E-state index contributed by atoms with van der Waals surface area (Å²) in [6, 6.07) is 3.48. The predicted molar refractivity (Wildman–Crippen MR) is 67.5 cm³/mol. The molecular weight excluding hydrogens is 347 g/mol.